The summed E-state index contributed by atoms with van der Waals surface area (Å²) in [4.78, 5) is 14.2. The molecule has 24 heavy (non-hydrogen) atoms. The van der Waals surface area contributed by atoms with Gasteiger partial charge in [0.1, 0.15) is 17.7 Å². The van der Waals surface area contributed by atoms with Gasteiger partial charge in [-0.1, -0.05) is 6.42 Å². The van der Waals surface area contributed by atoms with E-state index in [2.05, 4.69) is 4.98 Å². The van der Waals surface area contributed by atoms with E-state index >= 15 is 0 Å². The number of aromatic nitrogens is 1. The van der Waals surface area contributed by atoms with Gasteiger partial charge < -0.3 is 4.74 Å². The summed E-state index contributed by atoms with van der Waals surface area (Å²) in [5, 5.41) is 0. The number of hydrogen-bond acceptors (Lipinski definition) is 3. The quantitative estimate of drug-likeness (QED) is 0.577. The van der Waals surface area contributed by atoms with E-state index in [0.717, 1.165) is 30.8 Å². The molecule has 0 N–H and O–H groups in total. The second kappa shape index (κ2) is 6.22. The number of rotatable bonds is 5. The normalized spacial score (nSPS) is 15.0. The maximum atomic E-state index is 14.3. The van der Waals surface area contributed by atoms with Gasteiger partial charge in [0.05, 0.1) is 0 Å². The minimum absolute atomic E-state index is 0.157. The second-order valence-corrected chi connectivity index (χ2v) is 5.66. The van der Waals surface area contributed by atoms with Gasteiger partial charge in [-0.2, -0.15) is 8.78 Å². The Labute approximate surface area is 135 Å². The van der Waals surface area contributed by atoms with Gasteiger partial charge in [-0.05, 0) is 31.0 Å². The first kappa shape index (κ1) is 16.4. The Morgan fingerprint density at radius 1 is 1.17 bits per heavy atom. The molecule has 7 heteroatoms. The Morgan fingerprint density at radius 2 is 1.83 bits per heavy atom. The van der Waals surface area contributed by atoms with Gasteiger partial charge in [0.25, 0.3) is 5.92 Å². The summed E-state index contributed by atoms with van der Waals surface area (Å²) >= 11 is 0. The van der Waals surface area contributed by atoms with Crippen molar-refractivity contribution in [2.75, 3.05) is 0 Å². The molecule has 0 aliphatic heterocycles. The molecule has 3 nitrogen and oxygen atoms in total. The minimum Gasteiger partial charge on any atom is -0.451 e. The number of pyridine rings is 1. The Bertz CT molecular complexity index is 752. The average Bonchev–Trinajstić information content (AvgIpc) is 2.49. The van der Waals surface area contributed by atoms with Gasteiger partial charge in [-0.25, -0.2) is 8.78 Å². The van der Waals surface area contributed by atoms with Crippen LogP contribution in [0.15, 0.2) is 30.5 Å². The molecule has 1 aliphatic carbocycles. The fourth-order valence-electron chi connectivity index (χ4n) is 2.50. The third-order valence-electron chi connectivity index (χ3n) is 4.07. The lowest BCUT2D eigenvalue weighted by Crippen LogP contribution is -2.31. The highest BCUT2D eigenvalue weighted by Gasteiger charge is 2.45. The molecule has 0 atom stereocenters. The van der Waals surface area contributed by atoms with Crippen LogP contribution in [-0.2, 0) is 5.92 Å². The van der Waals surface area contributed by atoms with Gasteiger partial charge in [0.15, 0.2) is 17.4 Å². The van der Waals surface area contributed by atoms with Crippen molar-refractivity contribution in [1.82, 2.24) is 4.98 Å². The largest absolute Gasteiger partial charge is 0.451 e. The van der Waals surface area contributed by atoms with Gasteiger partial charge in [0, 0.05) is 23.7 Å². The molecule has 1 aliphatic rings. The van der Waals surface area contributed by atoms with E-state index in [1.807, 2.05) is 0 Å². The molecule has 1 aromatic heterocycles. The summed E-state index contributed by atoms with van der Waals surface area (Å²) in [6.07, 6.45) is 2.97. The first-order valence-corrected chi connectivity index (χ1v) is 7.38. The number of benzene rings is 1. The van der Waals surface area contributed by atoms with E-state index in [0.29, 0.717) is 19.1 Å². The lowest BCUT2D eigenvalue weighted by Gasteiger charge is -2.32. The number of carbonyl (C=O) groups excluding carboxylic acids is 1. The van der Waals surface area contributed by atoms with Crippen LogP contribution in [0.1, 0.15) is 35.3 Å². The van der Waals surface area contributed by atoms with Crippen LogP contribution in [0.3, 0.4) is 0 Å². The highest BCUT2D eigenvalue weighted by atomic mass is 19.3. The van der Waals surface area contributed by atoms with E-state index in [1.165, 1.54) is 6.07 Å². The van der Waals surface area contributed by atoms with E-state index in [9.17, 15) is 22.4 Å². The summed E-state index contributed by atoms with van der Waals surface area (Å²) in [7, 11) is 0. The predicted molar refractivity (Wildman–Crippen MR) is 77.3 cm³/mol. The van der Waals surface area contributed by atoms with Crippen molar-refractivity contribution in [1.29, 1.82) is 0 Å². The molecule has 0 amide bonds. The van der Waals surface area contributed by atoms with Crippen molar-refractivity contribution in [3.05, 3.63) is 53.4 Å². The van der Waals surface area contributed by atoms with E-state index in [1.54, 1.807) is 0 Å². The molecular weight excluding hydrogens is 326 g/mol. The number of carbonyl (C=O) groups is 1. The van der Waals surface area contributed by atoms with Crippen molar-refractivity contribution < 1.29 is 27.1 Å². The Hall–Kier alpha value is -2.44. The molecule has 2 aromatic rings. The maximum absolute atomic E-state index is 14.3. The predicted octanol–water partition coefficient (Wildman–Crippen LogP) is 4.86. The Balaban J connectivity index is 1.89. The molecule has 1 fully saturated rings. The number of alkyl halides is 2. The van der Waals surface area contributed by atoms with E-state index in [-0.39, 0.29) is 11.3 Å². The van der Waals surface area contributed by atoms with Crippen LogP contribution in [0, 0.1) is 17.6 Å². The third kappa shape index (κ3) is 2.98. The molecule has 0 bridgehead atoms. The molecule has 3 rings (SSSR count). The monoisotopic (exact) mass is 339 g/mol. The SMILES string of the molecule is O=Cc1cc(F)c(Oc2ccnc(C(F)(F)C3CCC3)c2)c(F)c1. The van der Waals surface area contributed by atoms with Gasteiger partial charge in [-0.3, -0.25) is 9.78 Å². The van der Waals surface area contributed by atoms with Gasteiger partial charge in [-0.15, -0.1) is 0 Å². The molecular formula is C17H13F4NO2. The van der Waals surface area contributed by atoms with Crippen LogP contribution < -0.4 is 4.74 Å². The van der Waals surface area contributed by atoms with Crippen LogP contribution in [0.25, 0.3) is 0 Å². The second-order valence-electron chi connectivity index (χ2n) is 5.66. The summed E-state index contributed by atoms with van der Waals surface area (Å²) in [6.45, 7) is 0. The topological polar surface area (TPSA) is 39.2 Å². The van der Waals surface area contributed by atoms with Crippen LogP contribution >= 0.6 is 0 Å². The van der Waals surface area contributed by atoms with Crippen molar-refractivity contribution in [2.45, 2.75) is 25.2 Å². The molecule has 126 valence electrons. The van der Waals surface area contributed by atoms with Crippen molar-refractivity contribution >= 4 is 6.29 Å². The maximum Gasteiger partial charge on any atom is 0.292 e. The first-order chi connectivity index (χ1) is 11.4. The number of hydrogen-bond donors (Lipinski definition) is 0. The van der Waals surface area contributed by atoms with Gasteiger partial charge in [0.2, 0.25) is 0 Å². The van der Waals surface area contributed by atoms with E-state index in [4.69, 9.17) is 4.74 Å². The molecule has 0 spiro atoms. The number of aldehydes is 1. The number of ether oxygens (including phenoxy) is 1. The van der Waals surface area contributed by atoms with Crippen LogP contribution in [-0.4, -0.2) is 11.3 Å². The van der Waals surface area contributed by atoms with Crippen molar-refractivity contribution in [3.8, 4) is 11.5 Å². The standard InChI is InChI=1S/C17H13F4NO2/c18-13-6-10(9-23)7-14(19)16(13)24-12-4-5-22-15(8-12)17(20,21)11-2-1-3-11/h4-9,11H,1-3H2. The van der Waals surface area contributed by atoms with E-state index < -0.39 is 34.9 Å². The highest BCUT2D eigenvalue weighted by molar-refractivity contribution is 5.75. The minimum atomic E-state index is -3.11. The summed E-state index contributed by atoms with van der Waals surface area (Å²) in [5.74, 6) is -7.00. The fraction of sp³-hybridized carbons (Fsp3) is 0.294. The summed E-state index contributed by atoms with van der Waals surface area (Å²) in [5.41, 5.74) is -0.681. The third-order valence-corrected chi connectivity index (χ3v) is 4.07. The van der Waals surface area contributed by atoms with Crippen LogP contribution in [0.2, 0.25) is 0 Å². The average molecular weight is 339 g/mol. The summed E-state index contributed by atoms with van der Waals surface area (Å²) in [6, 6.07) is 3.81. The number of nitrogens with zero attached hydrogens (tertiary/aromatic N) is 1. The fourth-order valence-corrected chi connectivity index (χ4v) is 2.50. The molecule has 0 saturated heterocycles. The number of halogens is 4. The molecule has 0 unspecified atom stereocenters. The van der Waals surface area contributed by atoms with Gasteiger partial charge >= 0.3 is 0 Å². The lowest BCUT2D eigenvalue weighted by atomic mass is 9.79. The van der Waals surface area contributed by atoms with Crippen molar-refractivity contribution in [2.24, 2.45) is 5.92 Å². The zero-order chi connectivity index (χ0) is 17.3. The molecule has 0 radical (unpaired) electrons. The molecule has 1 heterocycles. The Morgan fingerprint density at radius 3 is 2.38 bits per heavy atom. The first-order valence-electron chi connectivity index (χ1n) is 7.38. The summed E-state index contributed by atoms with van der Waals surface area (Å²) < 4.78 is 61.3. The lowest BCUT2D eigenvalue weighted by molar-refractivity contribution is -0.0978. The van der Waals surface area contributed by atoms with Crippen LogP contribution in [0.4, 0.5) is 17.6 Å². The zero-order valence-corrected chi connectivity index (χ0v) is 12.4. The van der Waals surface area contributed by atoms with Crippen LogP contribution in [0.5, 0.6) is 11.5 Å². The zero-order valence-electron chi connectivity index (χ0n) is 12.4. The molecule has 1 aromatic carbocycles. The Kier molecular flexibility index (Phi) is 4.26. The highest BCUT2D eigenvalue weighted by Crippen LogP contribution is 2.46. The van der Waals surface area contributed by atoms with Crippen molar-refractivity contribution in [3.63, 3.8) is 0 Å². The molecule has 1 saturated carbocycles. The smallest absolute Gasteiger partial charge is 0.292 e.